The number of aryl methyl sites for hydroxylation is 1. The van der Waals surface area contributed by atoms with Crippen LogP contribution in [0.5, 0.6) is 0 Å². The lowest BCUT2D eigenvalue weighted by atomic mass is 9.96. The van der Waals surface area contributed by atoms with Crippen molar-refractivity contribution in [3.05, 3.63) is 18.0 Å². The van der Waals surface area contributed by atoms with Crippen molar-refractivity contribution >= 4 is 11.9 Å². The molecule has 1 saturated heterocycles. The number of nitrogens with zero attached hydrogens (tertiary/aromatic N) is 3. The molecule has 1 fully saturated rings. The average molecular weight is 319 g/mol. The largest absolute Gasteiger partial charge is 0.481 e. The molecule has 1 aliphatic rings. The number of likely N-dealkylation sites (tertiary alicyclic amines) is 1. The van der Waals surface area contributed by atoms with Crippen LogP contribution in [-0.4, -0.2) is 50.9 Å². The molecule has 1 aliphatic heterocycles. The van der Waals surface area contributed by atoms with Gasteiger partial charge in [0.05, 0.1) is 23.6 Å². The van der Waals surface area contributed by atoms with Crippen molar-refractivity contribution in [2.75, 3.05) is 13.1 Å². The predicted molar refractivity (Wildman–Crippen MR) is 69.1 cm³/mol. The summed E-state index contributed by atoms with van der Waals surface area (Å²) in [7, 11) is 0. The Morgan fingerprint density at radius 2 is 2.09 bits per heavy atom. The molecule has 9 heteroatoms. The SMILES string of the molecule is CCCn1cc(C(=O)N2C[C@@H](C(F)(F)F)[C@H](C(=O)O)C2)cn1. The van der Waals surface area contributed by atoms with E-state index in [9.17, 15) is 22.8 Å². The third-order valence-electron chi connectivity index (χ3n) is 3.68. The van der Waals surface area contributed by atoms with Crippen molar-refractivity contribution in [3.63, 3.8) is 0 Å². The standard InChI is InChI=1S/C13H16F3N3O3/c1-2-3-19-5-8(4-17-19)11(20)18-6-9(12(21)22)10(7-18)13(14,15)16/h4-5,9-10H,2-3,6-7H2,1H3,(H,21,22)/t9-,10-/m1/s1. The second kappa shape index (κ2) is 5.98. The number of carbonyl (C=O) groups is 2. The summed E-state index contributed by atoms with van der Waals surface area (Å²) in [6, 6.07) is 0. The Morgan fingerprint density at radius 1 is 1.41 bits per heavy atom. The van der Waals surface area contributed by atoms with Crippen LogP contribution in [0.25, 0.3) is 0 Å². The molecule has 1 aromatic rings. The lowest BCUT2D eigenvalue weighted by molar-refractivity contribution is -0.187. The maximum atomic E-state index is 12.9. The highest BCUT2D eigenvalue weighted by atomic mass is 19.4. The van der Waals surface area contributed by atoms with E-state index in [4.69, 9.17) is 5.11 Å². The molecular formula is C13H16F3N3O3. The summed E-state index contributed by atoms with van der Waals surface area (Å²) in [5.41, 5.74) is 0.167. The molecule has 1 amide bonds. The Bertz CT molecular complexity index is 570. The Kier molecular flexibility index (Phi) is 4.43. The second-order valence-electron chi connectivity index (χ2n) is 5.30. The van der Waals surface area contributed by atoms with Crippen molar-refractivity contribution in [3.8, 4) is 0 Å². The van der Waals surface area contributed by atoms with Gasteiger partial charge in [0.15, 0.2) is 0 Å². The molecule has 0 saturated carbocycles. The fourth-order valence-corrected chi connectivity index (χ4v) is 2.56. The zero-order chi connectivity index (χ0) is 16.5. The Hall–Kier alpha value is -2.06. The number of hydrogen-bond donors (Lipinski definition) is 1. The number of rotatable bonds is 4. The van der Waals surface area contributed by atoms with Crippen LogP contribution in [0, 0.1) is 11.8 Å². The summed E-state index contributed by atoms with van der Waals surface area (Å²) in [4.78, 5) is 24.2. The van der Waals surface area contributed by atoms with Crippen molar-refractivity contribution in [1.82, 2.24) is 14.7 Å². The highest BCUT2D eigenvalue weighted by Gasteiger charge is 2.53. The first-order valence-electron chi connectivity index (χ1n) is 6.85. The van der Waals surface area contributed by atoms with Crippen LogP contribution < -0.4 is 0 Å². The molecule has 0 radical (unpaired) electrons. The van der Waals surface area contributed by atoms with Crippen LogP contribution in [-0.2, 0) is 11.3 Å². The Morgan fingerprint density at radius 3 is 2.59 bits per heavy atom. The van der Waals surface area contributed by atoms with Crippen LogP contribution in [0.4, 0.5) is 13.2 Å². The van der Waals surface area contributed by atoms with Crippen molar-refractivity contribution in [1.29, 1.82) is 0 Å². The first-order valence-corrected chi connectivity index (χ1v) is 6.85. The molecule has 122 valence electrons. The summed E-state index contributed by atoms with van der Waals surface area (Å²) in [6.07, 6.45) is -1.10. The number of carbonyl (C=O) groups excluding carboxylic acids is 1. The summed E-state index contributed by atoms with van der Waals surface area (Å²) >= 11 is 0. The number of hydrogen-bond acceptors (Lipinski definition) is 3. The van der Waals surface area contributed by atoms with Gasteiger partial charge in [-0.05, 0) is 6.42 Å². The zero-order valence-electron chi connectivity index (χ0n) is 11.9. The number of alkyl halides is 3. The number of carboxylic acid groups (broad SMARTS) is 1. The van der Waals surface area contributed by atoms with Gasteiger partial charge in [0.2, 0.25) is 0 Å². The van der Waals surface area contributed by atoms with E-state index in [-0.39, 0.29) is 5.56 Å². The second-order valence-corrected chi connectivity index (χ2v) is 5.30. The van der Waals surface area contributed by atoms with Gasteiger partial charge in [-0.3, -0.25) is 14.3 Å². The number of halogens is 3. The van der Waals surface area contributed by atoms with Crippen LogP contribution in [0.1, 0.15) is 23.7 Å². The van der Waals surface area contributed by atoms with E-state index in [2.05, 4.69) is 5.10 Å². The highest BCUT2D eigenvalue weighted by Crippen LogP contribution is 2.38. The molecular weight excluding hydrogens is 303 g/mol. The number of carboxylic acids is 1. The molecule has 2 rings (SSSR count). The number of aliphatic carboxylic acids is 1. The smallest absolute Gasteiger partial charge is 0.394 e. The van der Waals surface area contributed by atoms with E-state index in [0.717, 1.165) is 11.3 Å². The minimum Gasteiger partial charge on any atom is -0.481 e. The van der Waals surface area contributed by atoms with Gasteiger partial charge >= 0.3 is 12.1 Å². The molecule has 0 unspecified atom stereocenters. The molecule has 0 aromatic carbocycles. The molecule has 22 heavy (non-hydrogen) atoms. The third kappa shape index (κ3) is 3.23. The molecule has 6 nitrogen and oxygen atoms in total. The molecule has 0 bridgehead atoms. The van der Waals surface area contributed by atoms with E-state index in [1.54, 1.807) is 0 Å². The molecule has 2 atom stereocenters. The topological polar surface area (TPSA) is 75.4 Å². The Labute approximate surface area is 124 Å². The summed E-state index contributed by atoms with van der Waals surface area (Å²) in [5, 5.41) is 12.9. The average Bonchev–Trinajstić information content (AvgIpc) is 3.04. The minimum absolute atomic E-state index is 0.167. The first kappa shape index (κ1) is 16.3. The van der Waals surface area contributed by atoms with Crippen molar-refractivity contribution < 1.29 is 27.9 Å². The van der Waals surface area contributed by atoms with Gasteiger partial charge in [0.1, 0.15) is 0 Å². The minimum atomic E-state index is -4.65. The van der Waals surface area contributed by atoms with E-state index >= 15 is 0 Å². The monoisotopic (exact) mass is 319 g/mol. The van der Waals surface area contributed by atoms with Gasteiger partial charge in [0.25, 0.3) is 5.91 Å². The van der Waals surface area contributed by atoms with Crippen LogP contribution in [0.15, 0.2) is 12.4 Å². The first-order chi connectivity index (χ1) is 10.2. The molecule has 2 heterocycles. The van der Waals surface area contributed by atoms with Crippen LogP contribution in [0.2, 0.25) is 0 Å². The van der Waals surface area contributed by atoms with E-state index in [1.165, 1.54) is 17.1 Å². The zero-order valence-corrected chi connectivity index (χ0v) is 11.9. The van der Waals surface area contributed by atoms with Crippen molar-refractivity contribution in [2.24, 2.45) is 11.8 Å². The lowest BCUT2D eigenvalue weighted by Gasteiger charge is -2.18. The molecule has 0 spiro atoms. The van der Waals surface area contributed by atoms with Gasteiger partial charge in [-0.1, -0.05) is 6.92 Å². The van der Waals surface area contributed by atoms with Crippen molar-refractivity contribution in [2.45, 2.75) is 26.1 Å². The van der Waals surface area contributed by atoms with Crippen LogP contribution >= 0.6 is 0 Å². The Balaban J connectivity index is 2.15. The number of aromatic nitrogens is 2. The van der Waals surface area contributed by atoms with E-state index < -0.39 is 43.0 Å². The van der Waals surface area contributed by atoms with Gasteiger partial charge in [-0.25, -0.2) is 0 Å². The maximum absolute atomic E-state index is 12.9. The quantitative estimate of drug-likeness (QED) is 0.915. The van der Waals surface area contributed by atoms with Gasteiger partial charge in [-0.15, -0.1) is 0 Å². The molecule has 1 aromatic heterocycles. The number of amides is 1. The summed E-state index contributed by atoms with van der Waals surface area (Å²) in [6.45, 7) is 1.43. The fraction of sp³-hybridized carbons (Fsp3) is 0.615. The fourth-order valence-electron chi connectivity index (χ4n) is 2.56. The molecule has 0 aliphatic carbocycles. The predicted octanol–water partition coefficient (Wildman–Crippen LogP) is 1.63. The third-order valence-corrected chi connectivity index (χ3v) is 3.68. The summed E-state index contributed by atoms with van der Waals surface area (Å²) in [5.74, 6) is -5.84. The van der Waals surface area contributed by atoms with Crippen LogP contribution in [0.3, 0.4) is 0 Å². The normalized spacial score (nSPS) is 22.1. The van der Waals surface area contributed by atoms with Gasteiger partial charge in [0, 0.05) is 25.8 Å². The maximum Gasteiger partial charge on any atom is 0.394 e. The lowest BCUT2D eigenvalue weighted by Crippen LogP contribution is -2.34. The van der Waals surface area contributed by atoms with E-state index in [0.29, 0.717) is 6.54 Å². The highest BCUT2D eigenvalue weighted by molar-refractivity contribution is 5.94. The summed E-state index contributed by atoms with van der Waals surface area (Å²) < 4.78 is 40.2. The van der Waals surface area contributed by atoms with Gasteiger partial charge < -0.3 is 10.0 Å². The van der Waals surface area contributed by atoms with E-state index in [1.807, 2.05) is 6.92 Å². The van der Waals surface area contributed by atoms with Gasteiger partial charge in [-0.2, -0.15) is 18.3 Å². The molecule has 1 N–H and O–H groups in total.